The monoisotopic (exact) mass is 483 g/mol. The molecular formula is C14H8NNa3O10S2. The Labute approximate surface area is 237 Å². The molecule has 0 aliphatic rings. The van der Waals surface area contributed by atoms with Crippen LogP contribution in [0.4, 0.5) is 5.69 Å². The van der Waals surface area contributed by atoms with Gasteiger partial charge in [-0.15, -0.1) is 0 Å². The van der Waals surface area contributed by atoms with Crippen molar-refractivity contribution in [3.05, 3.63) is 36.4 Å². The first-order valence-corrected chi connectivity index (χ1v) is 9.55. The first kappa shape index (κ1) is 32.2. The quantitative estimate of drug-likeness (QED) is 0.135. The minimum atomic E-state index is -4.85. The molecule has 0 aliphatic carbocycles. The number of carbonyl (C=O) groups excluding carboxylic acids is 1. The zero-order valence-electron chi connectivity index (χ0n) is 15.9. The second-order valence-corrected chi connectivity index (χ2v) is 7.86. The van der Waals surface area contributed by atoms with E-state index in [2.05, 4.69) is 4.99 Å². The molecule has 0 unspecified atom stereocenters. The zero-order chi connectivity index (χ0) is 20.6. The average molecular weight is 483 g/mol. The molecule has 2 rings (SSSR count). The van der Waals surface area contributed by atoms with Crippen LogP contribution in [0, 0.1) is 0 Å². The van der Waals surface area contributed by atoms with Crippen LogP contribution in [0.25, 0.3) is 10.8 Å². The van der Waals surface area contributed by atoms with Gasteiger partial charge in [0.25, 0.3) is 20.2 Å². The molecule has 2 N–H and O–H groups in total. The number of carboxylic acid groups (broad SMARTS) is 1. The molecule has 0 radical (unpaired) electrons. The fraction of sp³-hybridized carbons (Fsp3) is 0. The summed E-state index contributed by atoms with van der Waals surface area (Å²) in [6, 6.07) is 2.66. The first-order valence-electron chi connectivity index (χ1n) is 6.67. The molecule has 0 saturated heterocycles. The molecule has 0 spiro atoms. The molecule has 0 atom stereocenters. The van der Waals surface area contributed by atoms with Crippen LogP contribution in [-0.4, -0.2) is 37.8 Å². The molecule has 0 bridgehead atoms. The van der Waals surface area contributed by atoms with E-state index >= 15 is 0 Å². The number of nitrogens with zero attached hydrogens (tertiary/aromatic N) is 1. The summed E-state index contributed by atoms with van der Waals surface area (Å²) in [7, 11) is -9.66. The summed E-state index contributed by atoms with van der Waals surface area (Å²) >= 11 is 0. The second kappa shape index (κ2) is 12.3. The number of aliphatic imine (C=N–C) groups is 1. The third-order valence-electron chi connectivity index (χ3n) is 3.13. The first-order chi connectivity index (χ1) is 12.3. The van der Waals surface area contributed by atoms with Crippen molar-refractivity contribution in [2.24, 2.45) is 4.99 Å². The Bertz CT molecular complexity index is 1220. The van der Waals surface area contributed by atoms with Gasteiger partial charge in [-0.05, 0) is 53.1 Å². The Morgan fingerprint density at radius 1 is 0.867 bits per heavy atom. The number of hydrogen-bond acceptors (Lipinski definition) is 9. The van der Waals surface area contributed by atoms with Gasteiger partial charge in [-0.3, -0.25) is 14.1 Å². The largest absolute Gasteiger partial charge is 1.00 e. The number of carbonyl (C=O) groups is 1. The third kappa shape index (κ3) is 8.50. The van der Waals surface area contributed by atoms with Crippen molar-refractivity contribution in [1.29, 1.82) is 0 Å². The van der Waals surface area contributed by atoms with Gasteiger partial charge in [-0.25, -0.2) is 0 Å². The number of benzene rings is 2. The summed E-state index contributed by atoms with van der Waals surface area (Å²) in [5, 5.41) is 33.4. The average Bonchev–Trinajstić information content (AvgIpc) is 2.50. The van der Waals surface area contributed by atoms with Crippen molar-refractivity contribution >= 4 is 48.6 Å². The van der Waals surface area contributed by atoms with Crippen LogP contribution in [-0.2, 0) is 25.0 Å². The van der Waals surface area contributed by atoms with Gasteiger partial charge in [-0.1, -0.05) is 5.75 Å². The van der Waals surface area contributed by atoms with E-state index in [1.807, 2.05) is 0 Å². The summed E-state index contributed by atoms with van der Waals surface area (Å²) < 4.78 is 63.4. The van der Waals surface area contributed by atoms with Gasteiger partial charge >= 0.3 is 88.7 Å². The fourth-order valence-corrected chi connectivity index (χ4v) is 3.15. The minimum absolute atomic E-state index is 0. The molecular weight excluding hydrogens is 475 g/mol. The number of fused-ring (bicyclic) bond motifs is 1. The Balaban J connectivity index is 0. The van der Waals surface area contributed by atoms with Crippen LogP contribution in [0.15, 0.2) is 51.2 Å². The number of aliphatic carboxylic acids is 1. The maximum atomic E-state index is 12.2. The molecule has 0 heterocycles. The topological polar surface area (TPSA) is 207 Å². The van der Waals surface area contributed by atoms with Gasteiger partial charge in [0.2, 0.25) is 0 Å². The number of hydrogen-bond donors (Lipinski definition) is 2. The summed E-state index contributed by atoms with van der Waals surface area (Å²) in [4.78, 5) is 12.0. The second-order valence-electron chi connectivity index (χ2n) is 5.01. The normalized spacial score (nSPS) is 12.0. The molecule has 0 fully saturated rings. The van der Waals surface area contributed by atoms with Crippen molar-refractivity contribution in [1.82, 2.24) is 0 Å². The van der Waals surface area contributed by atoms with Crippen molar-refractivity contribution in [3.8, 4) is 5.75 Å². The van der Waals surface area contributed by atoms with E-state index in [9.17, 15) is 41.5 Å². The van der Waals surface area contributed by atoms with E-state index in [-0.39, 0.29) is 94.1 Å². The van der Waals surface area contributed by atoms with Crippen LogP contribution in [0.5, 0.6) is 5.75 Å². The van der Waals surface area contributed by atoms with Gasteiger partial charge in [-0.2, -0.15) is 16.8 Å². The predicted molar refractivity (Wildman–Crippen MR) is 84.3 cm³/mol. The van der Waals surface area contributed by atoms with Crippen molar-refractivity contribution in [3.63, 3.8) is 0 Å². The molecule has 144 valence electrons. The zero-order valence-corrected chi connectivity index (χ0v) is 23.5. The smallest absolute Gasteiger partial charge is 0.872 e. The molecule has 0 saturated carbocycles. The minimum Gasteiger partial charge on any atom is -0.872 e. The van der Waals surface area contributed by atoms with E-state index in [4.69, 9.17) is 4.55 Å². The maximum Gasteiger partial charge on any atom is 1.00 e. The Hall–Kier alpha value is 0.000000000000000444. The van der Waals surface area contributed by atoms with Crippen LogP contribution < -0.4 is 104 Å². The van der Waals surface area contributed by atoms with Crippen molar-refractivity contribution in [2.45, 2.75) is 9.79 Å². The molecule has 0 aliphatic heterocycles. The maximum absolute atomic E-state index is 12.2. The molecule has 11 nitrogen and oxygen atoms in total. The summed E-state index contributed by atoms with van der Waals surface area (Å²) in [6.07, 6.45) is 0.813. The fourth-order valence-electron chi connectivity index (χ4n) is 2.08. The Kier molecular flexibility index (Phi) is 13.2. The molecule has 2 aromatic carbocycles. The van der Waals surface area contributed by atoms with E-state index in [1.54, 1.807) is 0 Å². The molecule has 0 amide bonds. The van der Waals surface area contributed by atoms with E-state index in [1.165, 1.54) is 0 Å². The molecule has 30 heavy (non-hydrogen) atoms. The van der Waals surface area contributed by atoms with E-state index in [0.717, 1.165) is 12.1 Å². The van der Waals surface area contributed by atoms with Crippen LogP contribution >= 0.6 is 0 Å². The van der Waals surface area contributed by atoms with E-state index < -0.39 is 58.7 Å². The standard InChI is InChI=1S/C14H11NO10S2.3Na/c16-11-6-9(27(23,24)25)4-7-3-8(26(20,21)22)5-10(14(7)11)15-12(17)1-2-13(18)19;;;/h1-6,16H,(H,15,17)(H,18,19)(H,20,21,22)(H,23,24,25);;;/q;3*+1/p-3/b2-1+;;;. The van der Waals surface area contributed by atoms with Crippen LogP contribution in [0.3, 0.4) is 0 Å². The summed E-state index contributed by atoms with van der Waals surface area (Å²) in [5.74, 6) is -3.94. The van der Waals surface area contributed by atoms with Gasteiger partial charge in [0.05, 0.1) is 21.4 Å². The SMILES string of the molecule is O=C([O-])/C=C/C([O-])=Nc1cc(S(=O)(=O)O)cc2cc(S(=O)(=O)O)cc([O-])c12.[Na+].[Na+].[Na+]. The van der Waals surface area contributed by atoms with E-state index in [0.29, 0.717) is 24.3 Å². The molecule has 2 aromatic rings. The van der Waals surface area contributed by atoms with Crippen LogP contribution in [0.1, 0.15) is 0 Å². The van der Waals surface area contributed by atoms with Crippen molar-refractivity contribution < 1.29 is 135 Å². The van der Waals surface area contributed by atoms with Crippen LogP contribution in [0.2, 0.25) is 0 Å². The summed E-state index contributed by atoms with van der Waals surface area (Å²) in [5.41, 5.74) is -0.569. The number of rotatable bonds is 5. The third-order valence-corrected chi connectivity index (χ3v) is 4.79. The summed E-state index contributed by atoms with van der Waals surface area (Å²) in [6.45, 7) is 0. The van der Waals surface area contributed by atoms with Gasteiger partial charge in [0.15, 0.2) is 0 Å². The Morgan fingerprint density at radius 2 is 1.33 bits per heavy atom. The molecule has 16 heteroatoms. The Morgan fingerprint density at radius 3 is 1.77 bits per heavy atom. The van der Waals surface area contributed by atoms with Gasteiger partial charge in [0.1, 0.15) is 0 Å². The molecule has 0 aromatic heterocycles. The van der Waals surface area contributed by atoms with Gasteiger partial charge < -0.3 is 20.1 Å². The number of carboxylic acids is 1. The van der Waals surface area contributed by atoms with Crippen molar-refractivity contribution in [2.75, 3.05) is 0 Å². The van der Waals surface area contributed by atoms with Gasteiger partial charge in [0, 0.05) is 0 Å². The predicted octanol–water partition coefficient (Wildman–Crippen LogP) is -10.9.